The number of nitrogens with one attached hydrogen (secondary N) is 1. The van der Waals surface area contributed by atoms with Gasteiger partial charge in [-0.2, -0.15) is 5.26 Å². The van der Waals surface area contributed by atoms with Crippen LogP contribution in [0.3, 0.4) is 0 Å². The molecule has 1 aromatic rings. The summed E-state index contributed by atoms with van der Waals surface area (Å²) in [5.74, 6) is 0. The first-order valence-electron chi connectivity index (χ1n) is 2.51. The van der Waals surface area contributed by atoms with E-state index in [1.54, 1.807) is 13.1 Å². The molecule has 1 heterocycles. The molecule has 0 aliphatic rings. The van der Waals surface area contributed by atoms with Crippen molar-refractivity contribution in [1.29, 1.82) is 5.26 Å². The fourth-order valence-corrected chi connectivity index (χ4v) is 1.14. The third kappa shape index (κ3) is 0.866. The van der Waals surface area contributed by atoms with Gasteiger partial charge in [-0.1, -0.05) is 0 Å². The Hall–Kier alpha value is -1.02. The lowest BCUT2D eigenvalue weighted by molar-refractivity contribution is 0.734. The van der Waals surface area contributed by atoms with Crippen LogP contribution in [0.5, 0.6) is 0 Å². The molecule has 0 aliphatic heterocycles. The van der Waals surface area contributed by atoms with Gasteiger partial charge in [-0.25, -0.2) is 0 Å². The lowest BCUT2D eigenvalue weighted by Crippen LogP contribution is -2.13. The van der Waals surface area contributed by atoms with Crippen molar-refractivity contribution in [2.75, 3.05) is 0 Å². The second kappa shape index (κ2) is 2.31. The van der Waals surface area contributed by atoms with Gasteiger partial charge in [-0.15, -0.1) is 0 Å². The summed E-state index contributed by atoms with van der Waals surface area (Å²) in [4.78, 5) is 10.9. The van der Waals surface area contributed by atoms with E-state index in [1.807, 2.05) is 0 Å². The minimum atomic E-state index is -0.311. The number of aromatic nitrogens is 2. The van der Waals surface area contributed by atoms with Crippen LogP contribution < -0.4 is 5.56 Å². The molecule has 0 amide bonds. The Morgan fingerprint density at radius 1 is 1.80 bits per heavy atom. The zero-order chi connectivity index (χ0) is 7.72. The van der Waals surface area contributed by atoms with Crippen LogP contribution in [-0.2, 0) is 7.05 Å². The maximum absolute atomic E-state index is 10.9. The van der Waals surface area contributed by atoms with E-state index >= 15 is 0 Å². The number of hydrogen-bond acceptors (Lipinski definition) is 2. The standard InChI is InChI=1S/C5H4BrN3O/c1-9-5(10)3(2-7)4(6)8-9/h8H,1H3. The summed E-state index contributed by atoms with van der Waals surface area (Å²) in [5.41, 5.74) is -0.197. The average molecular weight is 202 g/mol. The molecule has 0 spiro atoms. The van der Waals surface area contributed by atoms with Gasteiger partial charge in [-0.05, 0) is 15.9 Å². The summed E-state index contributed by atoms with van der Waals surface area (Å²) in [6.07, 6.45) is 0. The Morgan fingerprint density at radius 2 is 2.40 bits per heavy atom. The van der Waals surface area contributed by atoms with Crippen LogP contribution in [0.15, 0.2) is 9.40 Å². The molecule has 0 unspecified atom stereocenters. The predicted octanol–water partition coefficient (Wildman–Crippen LogP) is 0.348. The van der Waals surface area contributed by atoms with Crippen LogP contribution in [0.2, 0.25) is 0 Å². The van der Waals surface area contributed by atoms with Gasteiger partial charge in [0.2, 0.25) is 0 Å². The quantitative estimate of drug-likeness (QED) is 0.659. The zero-order valence-corrected chi connectivity index (χ0v) is 6.77. The number of aryl methyl sites for hydroxylation is 1. The van der Waals surface area contributed by atoms with Crippen molar-refractivity contribution in [3.63, 3.8) is 0 Å². The van der Waals surface area contributed by atoms with Crippen LogP contribution in [0, 0.1) is 11.3 Å². The molecule has 0 aliphatic carbocycles. The van der Waals surface area contributed by atoms with Crippen molar-refractivity contribution in [3.8, 4) is 6.07 Å². The molecule has 4 nitrogen and oxygen atoms in total. The number of hydrogen-bond donors (Lipinski definition) is 1. The maximum Gasteiger partial charge on any atom is 0.285 e. The van der Waals surface area contributed by atoms with Crippen LogP contribution in [0.1, 0.15) is 5.56 Å². The van der Waals surface area contributed by atoms with Crippen LogP contribution in [0.4, 0.5) is 0 Å². The highest BCUT2D eigenvalue weighted by Crippen LogP contribution is 2.06. The van der Waals surface area contributed by atoms with Gasteiger partial charge in [0.15, 0.2) is 5.56 Å². The van der Waals surface area contributed by atoms with Crippen molar-refractivity contribution < 1.29 is 0 Å². The largest absolute Gasteiger partial charge is 0.288 e. The molecule has 0 saturated carbocycles. The number of nitrogens with zero attached hydrogens (tertiary/aromatic N) is 2. The summed E-state index contributed by atoms with van der Waals surface area (Å²) in [6, 6.07) is 1.77. The summed E-state index contributed by atoms with van der Waals surface area (Å²) in [7, 11) is 1.55. The molecule has 5 heteroatoms. The number of nitriles is 1. The predicted molar refractivity (Wildman–Crippen MR) is 38.4 cm³/mol. The molecule has 1 rings (SSSR count). The summed E-state index contributed by atoms with van der Waals surface area (Å²) in [5, 5.41) is 11.0. The van der Waals surface area contributed by atoms with E-state index in [0.717, 1.165) is 0 Å². The average Bonchev–Trinajstić information content (AvgIpc) is 2.09. The molecule has 10 heavy (non-hydrogen) atoms. The van der Waals surface area contributed by atoms with Crippen molar-refractivity contribution in [2.24, 2.45) is 7.05 Å². The van der Waals surface area contributed by atoms with Gasteiger partial charge >= 0.3 is 0 Å². The van der Waals surface area contributed by atoms with E-state index in [2.05, 4.69) is 21.0 Å². The van der Waals surface area contributed by atoms with E-state index < -0.39 is 0 Å². The van der Waals surface area contributed by atoms with Gasteiger partial charge in [-0.3, -0.25) is 14.6 Å². The SMILES string of the molecule is Cn1[nH]c(Br)c(C#N)c1=O. The Morgan fingerprint density at radius 3 is 2.60 bits per heavy atom. The fraction of sp³-hybridized carbons (Fsp3) is 0.200. The number of H-pyrrole nitrogens is 1. The van der Waals surface area contributed by atoms with Gasteiger partial charge in [0.25, 0.3) is 5.56 Å². The van der Waals surface area contributed by atoms with Crippen LogP contribution >= 0.6 is 15.9 Å². The van der Waals surface area contributed by atoms with Gasteiger partial charge in [0.1, 0.15) is 10.7 Å². The number of aromatic amines is 1. The van der Waals surface area contributed by atoms with E-state index in [0.29, 0.717) is 4.60 Å². The number of rotatable bonds is 0. The number of halogens is 1. The van der Waals surface area contributed by atoms with Crippen molar-refractivity contribution in [2.45, 2.75) is 0 Å². The zero-order valence-electron chi connectivity index (χ0n) is 5.18. The smallest absolute Gasteiger partial charge is 0.285 e. The highest BCUT2D eigenvalue weighted by molar-refractivity contribution is 9.10. The molecule has 0 fully saturated rings. The van der Waals surface area contributed by atoms with Gasteiger partial charge in [0, 0.05) is 7.05 Å². The summed E-state index contributed by atoms with van der Waals surface area (Å²) in [6.45, 7) is 0. The molecule has 1 aromatic heterocycles. The van der Waals surface area contributed by atoms with E-state index in [-0.39, 0.29) is 11.1 Å². The summed E-state index contributed by atoms with van der Waals surface area (Å²) < 4.78 is 1.67. The Bertz CT molecular complexity index is 343. The van der Waals surface area contributed by atoms with E-state index in [9.17, 15) is 4.79 Å². The van der Waals surface area contributed by atoms with E-state index in [4.69, 9.17) is 5.26 Å². The molecule has 1 N–H and O–H groups in total. The first-order valence-corrected chi connectivity index (χ1v) is 3.30. The second-order valence-corrected chi connectivity index (χ2v) is 2.57. The van der Waals surface area contributed by atoms with Gasteiger partial charge < -0.3 is 0 Å². The van der Waals surface area contributed by atoms with Crippen LogP contribution in [-0.4, -0.2) is 9.78 Å². The molecular weight excluding hydrogens is 198 g/mol. The van der Waals surface area contributed by atoms with Crippen molar-refractivity contribution in [3.05, 3.63) is 20.5 Å². The molecule has 0 atom stereocenters. The van der Waals surface area contributed by atoms with Crippen molar-refractivity contribution >= 4 is 15.9 Å². The van der Waals surface area contributed by atoms with E-state index in [1.165, 1.54) is 4.68 Å². The topological polar surface area (TPSA) is 61.6 Å². The minimum absolute atomic E-state index is 0.113. The molecule has 0 saturated heterocycles. The maximum atomic E-state index is 10.9. The van der Waals surface area contributed by atoms with Crippen LogP contribution in [0.25, 0.3) is 0 Å². The third-order valence-corrected chi connectivity index (χ3v) is 1.69. The van der Waals surface area contributed by atoms with Gasteiger partial charge in [0.05, 0.1) is 0 Å². The fourth-order valence-electron chi connectivity index (χ4n) is 0.612. The molecular formula is C5H4BrN3O. The lowest BCUT2D eigenvalue weighted by atomic mass is 10.4. The normalized spacial score (nSPS) is 9.30. The molecule has 0 radical (unpaired) electrons. The highest BCUT2D eigenvalue weighted by atomic mass is 79.9. The highest BCUT2D eigenvalue weighted by Gasteiger charge is 2.07. The summed E-state index contributed by atoms with van der Waals surface area (Å²) >= 11 is 3.03. The monoisotopic (exact) mass is 201 g/mol. The Balaban J connectivity index is 3.53. The lowest BCUT2D eigenvalue weighted by Gasteiger charge is -1.81. The molecule has 0 bridgehead atoms. The molecule has 0 aromatic carbocycles. The Kier molecular flexibility index (Phi) is 1.64. The van der Waals surface area contributed by atoms with Crippen molar-refractivity contribution in [1.82, 2.24) is 9.78 Å². The Labute approximate surface area is 65.2 Å². The first kappa shape index (κ1) is 7.09. The minimum Gasteiger partial charge on any atom is -0.288 e. The third-order valence-electron chi connectivity index (χ3n) is 1.12. The molecule has 52 valence electrons. The first-order chi connectivity index (χ1) is 4.66. The second-order valence-electron chi connectivity index (χ2n) is 1.78.